The highest BCUT2D eigenvalue weighted by Crippen LogP contribution is 2.40. The molecule has 21 heavy (non-hydrogen) atoms. The summed E-state index contributed by atoms with van der Waals surface area (Å²) < 4.78 is 1.01. The standard InChI is InChI=1S/C16H22BrN3O/c1-9-4-3-5-10(6-9)20(2)14-8-13-11(7-12(14)17)15(18)16(21)19-13/h7-10,15H,3-6,18H2,1-2H3,(H,19,21). The van der Waals surface area contributed by atoms with Crippen molar-refractivity contribution in [2.45, 2.75) is 44.7 Å². The Bertz CT molecular complexity index is 575. The fraction of sp³-hybridized carbons (Fsp3) is 0.562. The fourth-order valence-corrected chi connectivity index (χ4v) is 4.16. The summed E-state index contributed by atoms with van der Waals surface area (Å²) in [6.07, 6.45) is 5.09. The first-order chi connectivity index (χ1) is 9.97. The molecule has 0 radical (unpaired) electrons. The number of hydrogen-bond donors (Lipinski definition) is 2. The Morgan fingerprint density at radius 3 is 2.86 bits per heavy atom. The highest BCUT2D eigenvalue weighted by atomic mass is 79.9. The Kier molecular flexibility index (Phi) is 3.97. The third-order valence-electron chi connectivity index (χ3n) is 4.83. The van der Waals surface area contributed by atoms with Crippen molar-refractivity contribution < 1.29 is 4.79 Å². The molecule has 3 unspecified atom stereocenters. The monoisotopic (exact) mass is 351 g/mol. The lowest BCUT2D eigenvalue weighted by molar-refractivity contribution is -0.116. The van der Waals surface area contributed by atoms with Crippen LogP contribution >= 0.6 is 15.9 Å². The molecule has 3 rings (SSSR count). The number of benzene rings is 1. The Labute approximate surface area is 134 Å². The second kappa shape index (κ2) is 5.61. The van der Waals surface area contributed by atoms with E-state index in [-0.39, 0.29) is 5.91 Å². The van der Waals surface area contributed by atoms with Crippen molar-refractivity contribution in [3.8, 4) is 0 Å². The number of hydrogen-bond acceptors (Lipinski definition) is 3. The molecule has 1 aliphatic carbocycles. The van der Waals surface area contributed by atoms with E-state index in [1.165, 1.54) is 25.7 Å². The molecule has 3 N–H and O–H groups in total. The molecule has 1 aromatic rings. The first-order valence-electron chi connectivity index (χ1n) is 7.60. The van der Waals surface area contributed by atoms with Crippen LogP contribution in [0.5, 0.6) is 0 Å². The molecule has 4 nitrogen and oxygen atoms in total. The molecule has 114 valence electrons. The SMILES string of the molecule is CC1CCCC(N(C)c2cc3c(cc2Br)C(N)C(=O)N3)C1. The summed E-state index contributed by atoms with van der Waals surface area (Å²) in [5.74, 6) is 0.663. The van der Waals surface area contributed by atoms with E-state index in [1.807, 2.05) is 12.1 Å². The molecule has 3 atom stereocenters. The zero-order chi connectivity index (χ0) is 15.1. The van der Waals surface area contributed by atoms with Gasteiger partial charge in [-0.25, -0.2) is 0 Å². The topological polar surface area (TPSA) is 58.4 Å². The van der Waals surface area contributed by atoms with Gasteiger partial charge in [-0.2, -0.15) is 0 Å². The molecule has 1 heterocycles. The van der Waals surface area contributed by atoms with Crippen molar-refractivity contribution in [3.05, 3.63) is 22.2 Å². The maximum absolute atomic E-state index is 11.7. The maximum atomic E-state index is 11.7. The van der Waals surface area contributed by atoms with Crippen molar-refractivity contribution >= 4 is 33.2 Å². The lowest BCUT2D eigenvalue weighted by Gasteiger charge is -2.36. The minimum Gasteiger partial charge on any atom is -0.371 e. The van der Waals surface area contributed by atoms with Crippen molar-refractivity contribution in [1.29, 1.82) is 0 Å². The maximum Gasteiger partial charge on any atom is 0.245 e. The van der Waals surface area contributed by atoms with E-state index in [0.717, 1.165) is 27.3 Å². The van der Waals surface area contributed by atoms with Gasteiger partial charge in [0.05, 0.1) is 5.69 Å². The molecule has 1 aromatic carbocycles. The van der Waals surface area contributed by atoms with Gasteiger partial charge >= 0.3 is 0 Å². The van der Waals surface area contributed by atoms with Gasteiger partial charge in [0, 0.05) is 28.8 Å². The smallest absolute Gasteiger partial charge is 0.245 e. The van der Waals surface area contributed by atoms with E-state index in [9.17, 15) is 4.79 Å². The predicted molar refractivity (Wildman–Crippen MR) is 89.5 cm³/mol. The second-order valence-corrected chi connectivity index (χ2v) is 7.25. The highest BCUT2D eigenvalue weighted by molar-refractivity contribution is 9.10. The highest BCUT2D eigenvalue weighted by Gasteiger charge is 2.30. The Balaban J connectivity index is 1.89. The van der Waals surface area contributed by atoms with Crippen molar-refractivity contribution in [2.75, 3.05) is 17.3 Å². The van der Waals surface area contributed by atoms with Crippen molar-refractivity contribution in [2.24, 2.45) is 11.7 Å². The number of nitrogens with one attached hydrogen (secondary N) is 1. The summed E-state index contributed by atoms with van der Waals surface area (Å²) in [6.45, 7) is 2.33. The third-order valence-corrected chi connectivity index (χ3v) is 5.47. The molecule has 5 heteroatoms. The lowest BCUT2D eigenvalue weighted by atomic mass is 9.86. The number of carbonyl (C=O) groups excluding carboxylic acids is 1. The van der Waals surface area contributed by atoms with Crippen LogP contribution in [-0.2, 0) is 4.79 Å². The molecule has 0 aromatic heterocycles. The van der Waals surface area contributed by atoms with Crippen LogP contribution in [-0.4, -0.2) is 19.0 Å². The number of rotatable bonds is 2. The Morgan fingerprint density at radius 1 is 1.38 bits per heavy atom. The third kappa shape index (κ3) is 2.69. The van der Waals surface area contributed by atoms with Gasteiger partial charge in [0.15, 0.2) is 0 Å². The first-order valence-corrected chi connectivity index (χ1v) is 8.39. The van der Waals surface area contributed by atoms with E-state index < -0.39 is 6.04 Å². The van der Waals surface area contributed by atoms with Crippen LogP contribution in [0.4, 0.5) is 11.4 Å². The Morgan fingerprint density at radius 2 is 2.14 bits per heavy atom. The number of nitrogens with zero attached hydrogens (tertiary/aromatic N) is 1. The number of anilines is 2. The average molecular weight is 352 g/mol. The van der Waals surface area contributed by atoms with E-state index in [1.54, 1.807) is 0 Å². The summed E-state index contributed by atoms with van der Waals surface area (Å²) in [5.41, 5.74) is 8.75. The number of amides is 1. The van der Waals surface area contributed by atoms with Gasteiger partial charge in [-0.15, -0.1) is 0 Å². The van der Waals surface area contributed by atoms with Crippen LogP contribution in [0.2, 0.25) is 0 Å². The lowest BCUT2D eigenvalue weighted by Crippen LogP contribution is -2.35. The molecular formula is C16H22BrN3O. The van der Waals surface area contributed by atoms with Gasteiger partial charge in [-0.3, -0.25) is 4.79 Å². The molecule has 1 saturated carbocycles. The first kappa shape index (κ1) is 14.9. The van der Waals surface area contributed by atoms with Crippen LogP contribution < -0.4 is 16.0 Å². The van der Waals surface area contributed by atoms with E-state index >= 15 is 0 Å². The summed E-state index contributed by atoms with van der Waals surface area (Å²) in [5, 5.41) is 2.87. The zero-order valence-electron chi connectivity index (χ0n) is 12.5. The van der Waals surface area contributed by atoms with E-state index in [0.29, 0.717) is 6.04 Å². The van der Waals surface area contributed by atoms with Gasteiger partial charge < -0.3 is 16.0 Å². The summed E-state index contributed by atoms with van der Waals surface area (Å²) in [6, 6.07) is 4.04. The van der Waals surface area contributed by atoms with Gasteiger partial charge in [0.1, 0.15) is 6.04 Å². The zero-order valence-corrected chi connectivity index (χ0v) is 14.1. The predicted octanol–water partition coefficient (Wildman–Crippen LogP) is 3.42. The van der Waals surface area contributed by atoms with Crippen LogP contribution in [0.1, 0.15) is 44.2 Å². The molecule has 1 amide bonds. The van der Waals surface area contributed by atoms with Crippen LogP contribution in [0, 0.1) is 5.92 Å². The van der Waals surface area contributed by atoms with Gasteiger partial charge in [0.2, 0.25) is 5.91 Å². The minimum absolute atomic E-state index is 0.122. The van der Waals surface area contributed by atoms with Crippen LogP contribution in [0.25, 0.3) is 0 Å². The Hall–Kier alpha value is -1.07. The molecule has 1 fully saturated rings. The average Bonchev–Trinajstić information content (AvgIpc) is 2.73. The number of fused-ring (bicyclic) bond motifs is 1. The van der Waals surface area contributed by atoms with E-state index in [2.05, 4.69) is 40.1 Å². The molecule has 0 spiro atoms. The summed E-state index contributed by atoms with van der Waals surface area (Å²) >= 11 is 3.64. The summed E-state index contributed by atoms with van der Waals surface area (Å²) in [4.78, 5) is 14.0. The van der Waals surface area contributed by atoms with Crippen molar-refractivity contribution in [3.63, 3.8) is 0 Å². The van der Waals surface area contributed by atoms with Crippen LogP contribution in [0.3, 0.4) is 0 Å². The molecule has 0 bridgehead atoms. The minimum atomic E-state index is -0.551. The van der Waals surface area contributed by atoms with Crippen LogP contribution in [0.15, 0.2) is 16.6 Å². The quantitative estimate of drug-likeness (QED) is 0.858. The van der Waals surface area contributed by atoms with Crippen molar-refractivity contribution in [1.82, 2.24) is 0 Å². The molecule has 1 aliphatic heterocycles. The largest absolute Gasteiger partial charge is 0.371 e. The normalized spacial score (nSPS) is 28.2. The van der Waals surface area contributed by atoms with Gasteiger partial charge in [-0.1, -0.05) is 19.8 Å². The number of nitrogens with two attached hydrogens (primary N) is 1. The van der Waals surface area contributed by atoms with E-state index in [4.69, 9.17) is 5.73 Å². The molecule has 2 aliphatic rings. The fourth-order valence-electron chi connectivity index (χ4n) is 3.52. The second-order valence-electron chi connectivity index (χ2n) is 6.39. The number of halogens is 1. The van der Waals surface area contributed by atoms with Gasteiger partial charge in [-0.05, 0) is 46.8 Å². The molecule has 0 saturated heterocycles. The molecular weight excluding hydrogens is 330 g/mol. The van der Waals surface area contributed by atoms with Gasteiger partial charge in [0.25, 0.3) is 0 Å². The number of carbonyl (C=O) groups is 1. The summed E-state index contributed by atoms with van der Waals surface area (Å²) in [7, 11) is 2.14.